The van der Waals surface area contributed by atoms with Crippen LogP contribution in [-0.4, -0.2) is 70.8 Å². The average Bonchev–Trinajstić information content (AvgIpc) is 3.05. The van der Waals surface area contributed by atoms with Gasteiger partial charge in [0.05, 0.1) is 18.4 Å². The van der Waals surface area contributed by atoms with Gasteiger partial charge in [-0.15, -0.1) is 0 Å². The van der Waals surface area contributed by atoms with E-state index in [-0.39, 0.29) is 5.91 Å². The number of aliphatic imine (C=N–C) groups is 1. The second kappa shape index (κ2) is 10.5. The van der Waals surface area contributed by atoms with Crippen molar-refractivity contribution in [2.24, 2.45) is 12.0 Å². The Balaban J connectivity index is 1.42. The molecule has 0 spiro atoms. The van der Waals surface area contributed by atoms with Gasteiger partial charge >= 0.3 is 0 Å². The van der Waals surface area contributed by atoms with Crippen molar-refractivity contribution < 1.29 is 4.79 Å². The maximum atomic E-state index is 12.8. The predicted octanol–water partition coefficient (Wildman–Crippen LogP) is 2.01. The first-order valence-corrected chi connectivity index (χ1v) is 11.7. The first-order chi connectivity index (χ1) is 15.6. The van der Waals surface area contributed by atoms with Gasteiger partial charge in [0.1, 0.15) is 12.4 Å². The number of carbonyl (C=O) groups excluding carboxylic acids is 1. The van der Waals surface area contributed by atoms with E-state index in [0.717, 1.165) is 49.2 Å². The zero-order valence-electron chi connectivity index (χ0n) is 19.2. The van der Waals surface area contributed by atoms with Crippen LogP contribution < -0.4 is 15.1 Å². The van der Waals surface area contributed by atoms with Crippen LogP contribution in [0.1, 0.15) is 38.2 Å². The molecule has 0 aromatic carbocycles. The molecule has 1 N–H and O–H groups in total. The third-order valence-corrected chi connectivity index (χ3v) is 6.01. The van der Waals surface area contributed by atoms with Gasteiger partial charge in [0.2, 0.25) is 5.91 Å². The van der Waals surface area contributed by atoms with Crippen molar-refractivity contribution in [2.75, 3.05) is 49.1 Å². The second-order valence-corrected chi connectivity index (χ2v) is 8.43. The molecule has 0 unspecified atom stereocenters. The number of guanidine groups is 1. The average molecular weight is 439 g/mol. The van der Waals surface area contributed by atoms with Gasteiger partial charge in [0, 0.05) is 52.2 Å². The van der Waals surface area contributed by atoms with Crippen molar-refractivity contribution in [1.82, 2.24) is 25.0 Å². The van der Waals surface area contributed by atoms with E-state index in [1.165, 1.54) is 25.7 Å². The summed E-state index contributed by atoms with van der Waals surface area (Å²) in [5.41, 5.74) is 1.98. The van der Waals surface area contributed by atoms with E-state index in [9.17, 15) is 4.79 Å². The molecule has 172 valence electrons. The summed E-state index contributed by atoms with van der Waals surface area (Å²) in [4.78, 5) is 28.5. The highest BCUT2D eigenvalue weighted by Crippen LogP contribution is 2.19. The zero-order valence-corrected chi connectivity index (χ0v) is 19.2. The van der Waals surface area contributed by atoms with Gasteiger partial charge in [-0.3, -0.25) is 9.48 Å². The Morgan fingerprint density at radius 2 is 1.97 bits per heavy atom. The smallest absolute Gasteiger partial charge is 0.246 e. The topological polar surface area (TPSA) is 81.9 Å². The van der Waals surface area contributed by atoms with E-state index >= 15 is 0 Å². The van der Waals surface area contributed by atoms with Gasteiger partial charge in [-0.05, 0) is 37.5 Å². The molecule has 0 atom stereocenters. The molecule has 0 saturated carbocycles. The Morgan fingerprint density at radius 3 is 2.66 bits per heavy atom. The highest BCUT2D eigenvalue weighted by atomic mass is 16.2. The number of amides is 1. The Kier molecular flexibility index (Phi) is 7.24. The largest absolute Gasteiger partial charge is 0.357 e. The number of hydrogen-bond acceptors (Lipinski definition) is 5. The van der Waals surface area contributed by atoms with Crippen LogP contribution in [0.2, 0.25) is 0 Å². The number of aryl methyl sites for hydroxylation is 1. The third kappa shape index (κ3) is 5.38. The van der Waals surface area contributed by atoms with E-state index in [0.29, 0.717) is 19.6 Å². The summed E-state index contributed by atoms with van der Waals surface area (Å²) in [5.74, 6) is 1.88. The summed E-state index contributed by atoms with van der Waals surface area (Å²) < 4.78 is 1.72. The maximum absolute atomic E-state index is 12.8. The Bertz CT molecular complexity index is 932. The molecule has 0 radical (unpaired) electrons. The van der Waals surface area contributed by atoms with E-state index < -0.39 is 0 Å². The SMILES string of the molecule is CCNC(=NCc1ccnc(N2CCCCCC2)c1)N1CCN(c2cnn(C)c2)C(=O)C1. The molecule has 2 saturated heterocycles. The number of carbonyl (C=O) groups is 1. The fraction of sp³-hybridized carbons (Fsp3) is 0.565. The lowest BCUT2D eigenvalue weighted by atomic mass is 10.2. The number of pyridine rings is 1. The maximum Gasteiger partial charge on any atom is 0.246 e. The minimum Gasteiger partial charge on any atom is -0.357 e. The van der Waals surface area contributed by atoms with Gasteiger partial charge in [0.15, 0.2) is 5.96 Å². The predicted molar refractivity (Wildman–Crippen MR) is 127 cm³/mol. The summed E-state index contributed by atoms with van der Waals surface area (Å²) in [5, 5.41) is 7.53. The van der Waals surface area contributed by atoms with E-state index in [1.807, 2.05) is 37.3 Å². The number of piperazine rings is 1. The number of nitrogens with zero attached hydrogens (tertiary/aromatic N) is 7. The molecule has 32 heavy (non-hydrogen) atoms. The molecule has 9 heteroatoms. The molecule has 0 bridgehead atoms. The molecule has 2 aliphatic heterocycles. The van der Waals surface area contributed by atoms with Gasteiger partial charge < -0.3 is 20.0 Å². The normalized spacial score (nSPS) is 18.1. The van der Waals surface area contributed by atoms with Crippen molar-refractivity contribution in [2.45, 2.75) is 39.2 Å². The lowest BCUT2D eigenvalue weighted by Crippen LogP contribution is -2.55. The number of anilines is 2. The molecule has 2 aromatic heterocycles. The molecule has 9 nitrogen and oxygen atoms in total. The lowest BCUT2D eigenvalue weighted by molar-refractivity contribution is -0.120. The highest BCUT2D eigenvalue weighted by molar-refractivity contribution is 5.98. The highest BCUT2D eigenvalue weighted by Gasteiger charge is 2.27. The molecule has 2 aliphatic rings. The van der Waals surface area contributed by atoms with Crippen LogP contribution in [0.25, 0.3) is 0 Å². The number of aromatic nitrogens is 3. The van der Waals surface area contributed by atoms with Crippen LogP contribution in [-0.2, 0) is 18.4 Å². The summed E-state index contributed by atoms with van der Waals surface area (Å²) >= 11 is 0. The third-order valence-electron chi connectivity index (χ3n) is 6.01. The van der Waals surface area contributed by atoms with E-state index in [1.54, 1.807) is 15.8 Å². The van der Waals surface area contributed by atoms with Crippen LogP contribution in [0.5, 0.6) is 0 Å². The van der Waals surface area contributed by atoms with Crippen LogP contribution in [0.15, 0.2) is 35.7 Å². The summed E-state index contributed by atoms with van der Waals surface area (Å²) in [6.07, 6.45) is 10.6. The molecule has 4 heterocycles. The number of hydrogen-bond donors (Lipinski definition) is 1. The molecule has 2 aromatic rings. The van der Waals surface area contributed by atoms with E-state index in [4.69, 9.17) is 4.99 Å². The van der Waals surface area contributed by atoms with Crippen molar-refractivity contribution in [3.05, 3.63) is 36.3 Å². The van der Waals surface area contributed by atoms with Gasteiger partial charge in [-0.1, -0.05) is 12.8 Å². The first-order valence-electron chi connectivity index (χ1n) is 11.7. The van der Waals surface area contributed by atoms with Crippen molar-refractivity contribution >= 4 is 23.4 Å². The number of nitrogens with one attached hydrogen (secondary N) is 1. The van der Waals surface area contributed by atoms with Crippen LogP contribution in [0.3, 0.4) is 0 Å². The molecule has 4 rings (SSSR count). The fourth-order valence-corrected chi connectivity index (χ4v) is 4.30. The van der Waals surface area contributed by atoms with Crippen molar-refractivity contribution in [3.8, 4) is 0 Å². The minimum atomic E-state index is 0.0576. The first kappa shape index (κ1) is 22.1. The Morgan fingerprint density at radius 1 is 1.16 bits per heavy atom. The van der Waals surface area contributed by atoms with Gasteiger partial charge in [-0.2, -0.15) is 5.10 Å². The molecular weight excluding hydrogens is 404 g/mol. The second-order valence-electron chi connectivity index (χ2n) is 8.43. The molecule has 1 amide bonds. The van der Waals surface area contributed by atoms with Crippen LogP contribution in [0, 0.1) is 0 Å². The Hall–Kier alpha value is -3.10. The number of rotatable bonds is 5. The van der Waals surface area contributed by atoms with Gasteiger partial charge in [-0.25, -0.2) is 9.98 Å². The van der Waals surface area contributed by atoms with Crippen molar-refractivity contribution in [3.63, 3.8) is 0 Å². The quantitative estimate of drug-likeness (QED) is 0.568. The Labute approximate surface area is 190 Å². The summed E-state index contributed by atoms with van der Waals surface area (Å²) in [6, 6.07) is 4.18. The monoisotopic (exact) mass is 438 g/mol. The lowest BCUT2D eigenvalue weighted by Gasteiger charge is -2.35. The molecule has 2 fully saturated rings. The molecule has 0 aliphatic carbocycles. The van der Waals surface area contributed by atoms with E-state index in [2.05, 4.69) is 26.4 Å². The van der Waals surface area contributed by atoms with Crippen LogP contribution in [0.4, 0.5) is 11.5 Å². The summed E-state index contributed by atoms with van der Waals surface area (Å²) in [7, 11) is 1.86. The fourth-order valence-electron chi connectivity index (χ4n) is 4.30. The van der Waals surface area contributed by atoms with Crippen molar-refractivity contribution in [1.29, 1.82) is 0 Å². The van der Waals surface area contributed by atoms with Gasteiger partial charge in [0.25, 0.3) is 0 Å². The zero-order chi connectivity index (χ0) is 22.3. The summed E-state index contributed by atoms with van der Waals surface area (Å²) in [6.45, 7) is 7.15. The van der Waals surface area contributed by atoms with Crippen LogP contribution >= 0.6 is 0 Å². The molecular formula is C23H34N8O. The minimum absolute atomic E-state index is 0.0576. The standard InChI is InChI=1S/C23H34N8O/c1-3-24-23(30-12-13-31(22(32)18-30)20-16-27-28(2)17-20)26-15-19-8-9-25-21(14-19)29-10-6-4-5-7-11-29/h8-9,14,16-17H,3-7,10-13,15,18H2,1-2H3,(H,24,26).